The third-order valence-electron chi connectivity index (χ3n) is 5.41. The van der Waals surface area contributed by atoms with Crippen molar-refractivity contribution < 1.29 is 41.0 Å². The number of halogens is 6. The Labute approximate surface area is 142 Å². The maximum atomic E-state index is 13.4. The Balaban J connectivity index is 3.52. The zero-order valence-electron chi connectivity index (χ0n) is 14.6. The van der Waals surface area contributed by atoms with Gasteiger partial charge in [0.25, 0.3) is 5.60 Å². The van der Waals surface area contributed by atoms with Crippen LogP contribution in [0.1, 0.15) is 59.8 Å². The van der Waals surface area contributed by atoms with Gasteiger partial charge in [0, 0.05) is 5.92 Å². The Morgan fingerprint density at radius 1 is 1.00 bits per heavy atom. The number of carbonyl (C=O) groups excluding carboxylic acids is 1. The first kappa shape index (κ1) is 22.1. The van der Waals surface area contributed by atoms with E-state index in [1.165, 1.54) is 13.8 Å². The van der Waals surface area contributed by atoms with Crippen molar-refractivity contribution in [3.63, 3.8) is 0 Å². The molecule has 0 radical (unpaired) electrons. The molecule has 0 aromatic heterocycles. The first-order chi connectivity index (χ1) is 11.0. The van der Waals surface area contributed by atoms with Crippen molar-refractivity contribution in [1.29, 1.82) is 0 Å². The van der Waals surface area contributed by atoms with Crippen LogP contribution in [0, 0.1) is 11.3 Å². The van der Waals surface area contributed by atoms with Gasteiger partial charge in [-0.15, -0.1) is 0 Å². The van der Waals surface area contributed by atoms with Crippen LogP contribution in [-0.2, 0) is 9.53 Å². The van der Waals surface area contributed by atoms with Gasteiger partial charge in [0.15, 0.2) is 5.60 Å². The van der Waals surface area contributed by atoms with Crippen molar-refractivity contribution in [2.45, 2.75) is 83.4 Å². The van der Waals surface area contributed by atoms with Gasteiger partial charge in [-0.3, -0.25) is 4.79 Å². The van der Waals surface area contributed by atoms with Crippen molar-refractivity contribution in [3.8, 4) is 0 Å². The fourth-order valence-corrected chi connectivity index (χ4v) is 3.13. The van der Waals surface area contributed by atoms with Gasteiger partial charge in [0.2, 0.25) is 0 Å². The Kier molecular flexibility index (Phi) is 5.85. The van der Waals surface area contributed by atoms with E-state index in [0.717, 1.165) is 0 Å². The molecule has 0 aromatic rings. The average molecular weight is 378 g/mol. The quantitative estimate of drug-likeness (QED) is 0.554. The van der Waals surface area contributed by atoms with Crippen LogP contribution >= 0.6 is 0 Å². The van der Waals surface area contributed by atoms with E-state index in [9.17, 15) is 36.2 Å². The minimum Gasteiger partial charge on any atom is -0.455 e. The molecule has 0 bridgehead atoms. The van der Waals surface area contributed by atoms with Crippen LogP contribution in [0.25, 0.3) is 0 Å². The smallest absolute Gasteiger partial charge is 0.430 e. The number of alkyl halides is 6. The summed E-state index contributed by atoms with van der Waals surface area (Å²) in [5.74, 6) is -2.45. The van der Waals surface area contributed by atoms with Crippen molar-refractivity contribution >= 4 is 5.97 Å². The van der Waals surface area contributed by atoms with Gasteiger partial charge < -0.3 is 9.84 Å². The Bertz CT molecular complexity index is 477. The van der Waals surface area contributed by atoms with Gasteiger partial charge >= 0.3 is 18.3 Å². The summed E-state index contributed by atoms with van der Waals surface area (Å²) in [6.45, 7) is 4.84. The molecule has 9 heteroatoms. The van der Waals surface area contributed by atoms with E-state index in [4.69, 9.17) is 4.74 Å². The van der Waals surface area contributed by atoms with Crippen LogP contribution in [0.15, 0.2) is 0 Å². The van der Waals surface area contributed by atoms with Crippen molar-refractivity contribution in [2.75, 3.05) is 0 Å². The number of hydrogen-bond acceptors (Lipinski definition) is 3. The molecule has 148 valence electrons. The first-order valence-corrected chi connectivity index (χ1v) is 8.14. The molecule has 1 fully saturated rings. The zero-order chi connectivity index (χ0) is 19.9. The lowest BCUT2D eigenvalue weighted by atomic mass is 9.72. The maximum absolute atomic E-state index is 13.4. The molecule has 0 amide bonds. The highest BCUT2D eigenvalue weighted by Crippen LogP contribution is 2.56. The highest BCUT2D eigenvalue weighted by Gasteiger charge is 2.81. The standard InChI is InChI=1S/C16H24F6O3/c1-5-12(2,3)11(23)25-13(4,10-8-6-7-9-10)14(24,15(17,18)19)16(20,21)22/h10,24H,5-9H2,1-4H3. The Hall–Kier alpha value is -0.990. The Morgan fingerprint density at radius 3 is 1.72 bits per heavy atom. The molecule has 1 rings (SSSR count). The summed E-state index contributed by atoms with van der Waals surface area (Å²) < 4.78 is 85.4. The molecule has 3 nitrogen and oxygen atoms in total. The van der Waals surface area contributed by atoms with Gasteiger partial charge in [-0.05, 0) is 40.0 Å². The van der Waals surface area contributed by atoms with Crippen molar-refractivity contribution in [1.82, 2.24) is 0 Å². The minimum absolute atomic E-state index is 0.00477. The second-order valence-corrected chi connectivity index (χ2v) is 7.42. The summed E-state index contributed by atoms with van der Waals surface area (Å²) in [7, 11) is 0. The fourth-order valence-electron chi connectivity index (χ4n) is 3.13. The number of hydrogen-bond donors (Lipinski definition) is 1. The van der Waals surface area contributed by atoms with E-state index < -0.39 is 40.9 Å². The zero-order valence-corrected chi connectivity index (χ0v) is 14.6. The van der Waals surface area contributed by atoms with Crippen LogP contribution in [-0.4, -0.2) is 34.6 Å². The molecule has 1 N–H and O–H groups in total. The first-order valence-electron chi connectivity index (χ1n) is 8.14. The van der Waals surface area contributed by atoms with E-state index in [-0.39, 0.29) is 19.3 Å². The van der Waals surface area contributed by atoms with Crippen LogP contribution in [0.2, 0.25) is 0 Å². The maximum Gasteiger partial charge on any atom is 0.430 e. The molecular weight excluding hydrogens is 354 g/mol. The third-order valence-corrected chi connectivity index (χ3v) is 5.41. The van der Waals surface area contributed by atoms with Crippen molar-refractivity contribution in [3.05, 3.63) is 0 Å². The number of carbonyl (C=O) groups is 1. The topological polar surface area (TPSA) is 46.5 Å². The Morgan fingerprint density at radius 2 is 1.40 bits per heavy atom. The number of esters is 1. The summed E-state index contributed by atoms with van der Waals surface area (Å²) in [5.41, 5.74) is -9.59. The normalized spacial score (nSPS) is 20.4. The van der Waals surface area contributed by atoms with E-state index in [1.54, 1.807) is 6.92 Å². The largest absolute Gasteiger partial charge is 0.455 e. The highest BCUT2D eigenvalue weighted by molar-refractivity contribution is 5.76. The van der Waals surface area contributed by atoms with Crippen LogP contribution in [0.5, 0.6) is 0 Å². The number of aliphatic hydroxyl groups is 1. The lowest BCUT2D eigenvalue weighted by molar-refractivity contribution is -0.417. The lowest BCUT2D eigenvalue weighted by Gasteiger charge is -2.49. The van der Waals surface area contributed by atoms with Gasteiger partial charge in [-0.2, -0.15) is 26.3 Å². The van der Waals surface area contributed by atoms with Gasteiger partial charge in [-0.1, -0.05) is 19.8 Å². The molecule has 25 heavy (non-hydrogen) atoms. The molecule has 0 saturated heterocycles. The predicted octanol–water partition coefficient (Wildman–Crippen LogP) is 4.77. The summed E-state index contributed by atoms with van der Waals surface area (Å²) in [4.78, 5) is 12.3. The SMILES string of the molecule is CCC(C)(C)C(=O)OC(C)(C1CCCC1)C(O)(C(F)(F)F)C(F)(F)F. The summed E-state index contributed by atoms with van der Waals surface area (Å²) in [6.07, 6.45) is -11.1. The second kappa shape index (κ2) is 6.63. The predicted molar refractivity (Wildman–Crippen MR) is 77.6 cm³/mol. The van der Waals surface area contributed by atoms with Gasteiger partial charge in [0.05, 0.1) is 5.41 Å². The molecule has 0 heterocycles. The van der Waals surface area contributed by atoms with E-state index in [2.05, 4.69) is 0 Å². The summed E-state index contributed by atoms with van der Waals surface area (Å²) in [5, 5.41) is 9.92. The minimum atomic E-state index is -6.06. The molecule has 1 unspecified atom stereocenters. The van der Waals surface area contributed by atoms with Crippen LogP contribution in [0.4, 0.5) is 26.3 Å². The number of rotatable bonds is 5. The van der Waals surface area contributed by atoms with Crippen LogP contribution in [0.3, 0.4) is 0 Å². The molecular formula is C16H24F6O3. The second-order valence-electron chi connectivity index (χ2n) is 7.42. The van der Waals surface area contributed by atoms with Gasteiger partial charge in [-0.25, -0.2) is 0 Å². The molecule has 0 aromatic carbocycles. The van der Waals surface area contributed by atoms with Crippen LogP contribution < -0.4 is 0 Å². The van der Waals surface area contributed by atoms with E-state index in [1.807, 2.05) is 0 Å². The molecule has 0 spiro atoms. The van der Waals surface area contributed by atoms with Gasteiger partial charge in [0.1, 0.15) is 0 Å². The lowest BCUT2D eigenvalue weighted by Crippen LogP contribution is -2.73. The highest BCUT2D eigenvalue weighted by atomic mass is 19.4. The summed E-state index contributed by atoms with van der Waals surface area (Å²) in [6, 6.07) is 0. The molecule has 1 saturated carbocycles. The average Bonchev–Trinajstić information content (AvgIpc) is 2.98. The van der Waals surface area contributed by atoms with Crippen molar-refractivity contribution in [2.24, 2.45) is 11.3 Å². The number of ether oxygens (including phenoxy) is 1. The third kappa shape index (κ3) is 3.61. The molecule has 1 atom stereocenters. The summed E-state index contributed by atoms with van der Waals surface area (Å²) >= 11 is 0. The molecule has 1 aliphatic carbocycles. The fraction of sp³-hybridized carbons (Fsp3) is 0.938. The van der Waals surface area contributed by atoms with E-state index >= 15 is 0 Å². The molecule has 1 aliphatic rings. The molecule has 0 aliphatic heterocycles. The monoisotopic (exact) mass is 378 g/mol. The van der Waals surface area contributed by atoms with E-state index in [0.29, 0.717) is 19.8 Å².